The van der Waals surface area contributed by atoms with Crippen LogP contribution in [0.1, 0.15) is 13.8 Å². The number of halogens is 1. The number of hydrogen-bond donors (Lipinski definition) is 2. The fourth-order valence-electron chi connectivity index (χ4n) is 1.98. The third kappa shape index (κ3) is 5.52. The quantitative estimate of drug-likeness (QED) is 0.455. The third-order valence-corrected chi connectivity index (χ3v) is 3.62. The summed E-state index contributed by atoms with van der Waals surface area (Å²) in [6.07, 6.45) is -2.78. The van der Waals surface area contributed by atoms with Crippen molar-refractivity contribution in [2.75, 3.05) is 13.2 Å². The summed E-state index contributed by atoms with van der Waals surface area (Å²) in [4.78, 5) is 33.0. The Bertz CT molecular complexity index is 431. The number of carbonyl (C=O) groups is 3. The van der Waals surface area contributed by atoms with Crippen LogP contribution >= 0.6 is 15.9 Å². The monoisotopic (exact) mass is 383 g/mol. The maximum atomic E-state index is 11.3. The maximum absolute atomic E-state index is 11.3. The van der Waals surface area contributed by atoms with Gasteiger partial charge in [0.1, 0.15) is 17.7 Å². The molecule has 1 saturated heterocycles. The van der Waals surface area contributed by atoms with Crippen molar-refractivity contribution >= 4 is 33.8 Å². The predicted molar refractivity (Wildman–Crippen MR) is 75.1 cm³/mol. The third-order valence-electron chi connectivity index (χ3n) is 2.79. The first kappa shape index (κ1) is 18.8. The average Bonchev–Trinajstić information content (AvgIpc) is 2.38. The molecule has 0 spiro atoms. The maximum Gasteiger partial charge on any atom is 0.329 e. The van der Waals surface area contributed by atoms with Crippen molar-refractivity contribution in [2.24, 2.45) is 5.73 Å². The van der Waals surface area contributed by atoms with Crippen LogP contribution in [0.25, 0.3) is 0 Å². The molecule has 1 rings (SSSR count). The lowest BCUT2D eigenvalue weighted by molar-refractivity contribution is -0.208. The fourth-order valence-corrected chi connectivity index (χ4v) is 2.56. The van der Waals surface area contributed by atoms with Crippen molar-refractivity contribution in [2.45, 2.75) is 43.2 Å². The molecule has 0 aromatic carbocycles. The van der Waals surface area contributed by atoms with Gasteiger partial charge in [0.25, 0.3) is 0 Å². The molecule has 0 amide bonds. The van der Waals surface area contributed by atoms with Gasteiger partial charge < -0.3 is 29.8 Å². The normalized spacial score (nSPS) is 31.4. The summed E-state index contributed by atoms with van der Waals surface area (Å²) in [6.45, 7) is 1.68. The molecule has 9 nitrogen and oxygen atoms in total. The number of ether oxygens (including phenoxy) is 4. The highest BCUT2D eigenvalue weighted by Gasteiger charge is 2.47. The van der Waals surface area contributed by atoms with Gasteiger partial charge in [-0.25, -0.2) is 4.79 Å². The minimum atomic E-state index is -1.15. The van der Waals surface area contributed by atoms with E-state index in [4.69, 9.17) is 29.8 Å². The zero-order chi connectivity index (χ0) is 16.9. The van der Waals surface area contributed by atoms with Gasteiger partial charge in [0.2, 0.25) is 0 Å². The number of rotatable bonds is 6. The number of carbonyl (C=O) groups excluding carboxylic acids is 2. The number of nitrogens with two attached hydrogens (primary N) is 1. The van der Waals surface area contributed by atoms with Crippen LogP contribution in [0, 0.1) is 0 Å². The molecule has 10 heteroatoms. The summed E-state index contributed by atoms with van der Waals surface area (Å²) >= 11 is 3.19. The summed E-state index contributed by atoms with van der Waals surface area (Å²) < 4.78 is 20.7. The van der Waals surface area contributed by atoms with Crippen molar-refractivity contribution in [1.29, 1.82) is 0 Å². The van der Waals surface area contributed by atoms with Gasteiger partial charge in [-0.2, -0.15) is 0 Å². The van der Waals surface area contributed by atoms with E-state index in [9.17, 15) is 14.4 Å². The van der Waals surface area contributed by atoms with Crippen molar-refractivity contribution in [1.82, 2.24) is 0 Å². The zero-order valence-corrected chi connectivity index (χ0v) is 13.6. The van der Waals surface area contributed by atoms with Gasteiger partial charge in [-0.05, 0) is 0 Å². The van der Waals surface area contributed by atoms with E-state index in [0.717, 1.165) is 0 Å². The molecule has 1 fully saturated rings. The standard InChI is InChI=1S/C12H18BrNO8/c1-5(15)20-10-7(3-19-4-8(17)18)22-12(13)9(14)11(10)21-6(2)16/h7,9-12H,3-4,14H2,1-2H3,(H,17,18)/t7-,9-,10-,11-,12?/m1/s1. The Kier molecular flexibility index (Phi) is 7.20. The molecule has 0 saturated carbocycles. The Balaban J connectivity index is 2.87. The number of esters is 2. The minimum absolute atomic E-state index is 0.170. The van der Waals surface area contributed by atoms with Crippen LogP contribution in [0.2, 0.25) is 0 Å². The first-order valence-corrected chi connectivity index (χ1v) is 7.33. The zero-order valence-electron chi connectivity index (χ0n) is 12.1. The van der Waals surface area contributed by atoms with Crippen molar-refractivity contribution in [3.63, 3.8) is 0 Å². The Hall–Kier alpha value is -1.23. The second-order valence-corrected chi connectivity index (χ2v) is 5.56. The lowest BCUT2D eigenvalue weighted by Crippen LogP contribution is -2.62. The van der Waals surface area contributed by atoms with Crippen molar-refractivity contribution < 1.29 is 38.4 Å². The summed E-state index contributed by atoms with van der Waals surface area (Å²) in [5.74, 6) is -2.36. The molecule has 0 aromatic rings. The summed E-state index contributed by atoms with van der Waals surface area (Å²) in [6, 6.07) is -0.774. The topological polar surface area (TPSA) is 134 Å². The summed E-state index contributed by atoms with van der Waals surface area (Å²) in [5.41, 5.74) is 5.90. The molecule has 126 valence electrons. The van der Waals surface area contributed by atoms with Gasteiger partial charge in [-0.3, -0.25) is 9.59 Å². The van der Waals surface area contributed by atoms with Crippen molar-refractivity contribution in [3.8, 4) is 0 Å². The lowest BCUT2D eigenvalue weighted by atomic mass is 9.98. The first-order chi connectivity index (χ1) is 10.2. The Morgan fingerprint density at radius 3 is 2.23 bits per heavy atom. The van der Waals surface area contributed by atoms with E-state index in [-0.39, 0.29) is 6.61 Å². The molecule has 22 heavy (non-hydrogen) atoms. The largest absolute Gasteiger partial charge is 0.480 e. The van der Waals surface area contributed by atoms with Crippen LogP contribution in [0.4, 0.5) is 0 Å². The van der Waals surface area contributed by atoms with Crippen molar-refractivity contribution in [3.05, 3.63) is 0 Å². The molecule has 0 bridgehead atoms. The predicted octanol–water partition coefficient (Wildman–Crippen LogP) is -0.602. The van der Waals surface area contributed by atoms with Crippen LogP contribution in [0.3, 0.4) is 0 Å². The van der Waals surface area contributed by atoms with E-state index in [1.54, 1.807) is 0 Å². The first-order valence-electron chi connectivity index (χ1n) is 6.41. The average molecular weight is 384 g/mol. The number of carboxylic acids is 1. The van der Waals surface area contributed by atoms with Crippen LogP contribution in [0.5, 0.6) is 0 Å². The number of hydrogen-bond acceptors (Lipinski definition) is 8. The second-order valence-electron chi connectivity index (χ2n) is 4.66. The van der Waals surface area contributed by atoms with E-state index in [0.29, 0.717) is 0 Å². The number of aliphatic carboxylic acids is 1. The van der Waals surface area contributed by atoms with Crippen LogP contribution in [0.15, 0.2) is 0 Å². The molecule has 1 unspecified atom stereocenters. The van der Waals surface area contributed by atoms with Gasteiger partial charge in [0.05, 0.1) is 12.6 Å². The molecule has 1 aliphatic rings. The van der Waals surface area contributed by atoms with E-state index in [2.05, 4.69) is 15.9 Å². The minimum Gasteiger partial charge on any atom is -0.480 e. The molecular formula is C12H18BrNO8. The lowest BCUT2D eigenvalue weighted by Gasteiger charge is -2.42. The van der Waals surface area contributed by atoms with Gasteiger partial charge in [-0.15, -0.1) is 0 Å². The van der Waals surface area contributed by atoms with Gasteiger partial charge >= 0.3 is 17.9 Å². The second kappa shape index (κ2) is 8.42. The molecule has 1 heterocycles. The highest BCUT2D eigenvalue weighted by molar-refractivity contribution is 9.09. The Labute approximate surface area is 135 Å². The highest BCUT2D eigenvalue weighted by atomic mass is 79.9. The number of alkyl halides is 1. The molecule has 0 radical (unpaired) electrons. The van der Waals surface area contributed by atoms with Crippen LogP contribution in [-0.2, 0) is 33.3 Å². The number of carboxylic acid groups (broad SMARTS) is 1. The van der Waals surface area contributed by atoms with E-state index < -0.39 is 53.9 Å². The fraction of sp³-hybridized carbons (Fsp3) is 0.750. The van der Waals surface area contributed by atoms with E-state index in [1.807, 2.05) is 0 Å². The van der Waals surface area contributed by atoms with E-state index in [1.165, 1.54) is 13.8 Å². The SMILES string of the molecule is CC(=O)O[C@H]1[C@H](OC(C)=O)[C@@H](N)C(Br)O[C@@H]1COCC(=O)O. The summed E-state index contributed by atoms with van der Waals surface area (Å²) in [5, 5.41) is 7.89. The van der Waals surface area contributed by atoms with Gasteiger partial charge in [0.15, 0.2) is 12.2 Å². The van der Waals surface area contributed by atoms with Crippen LogP contribution in [-0.4, -0.2) is 65.6 Å². The van der Waals surface area contributed by atoms with E-state index >= 15 is 0 Å². The highest BCUT2D eigenvalue weighted by Crippen LogP contribution is 2.28. The molecule has 0 aliphatic carbocycles. The molecule has 1 aliphatic heterocycles. The molecule has 0 aromatic heterocycles. The van der Waals surface area contributed by atoms with Gasteiger partial charge in [0, 0.05) is 13.8 Å². The molecule has 3 N–H and O–H groups in total. The molecule has 5 atom stereocenters. The Morgan fingerprint density at radius 2 is 1.73 bits per heavy atom. The molecular weight excluding hydrogens is 366 g/mol. The smallest absolute Gasteiger partial charge is 0.329 e. The van der Waals surface area contributed by atoms with Crippen LogP contribution < -0.4 is 5.73 Å². The Morgan fingerprint density at radius 1 is 1.18 bits per heavy atom. The van der Waals surface area contributed by atoms with Gasteiger partial charge in [-0.1, -0.05) is 15.9 Å². The summed E-state index contributed by atoms with van der Waals surface area (Å²) in [7, 11) is 0.